The average molecular weight is 235 g/mol. The van der Waals surface area contributed by atoms with Gasteiger partial charge in [0.2, 0.25) is 0 Å². The molecule has 0 aliphatic heterocycles. The fourth-order valence-corrected chi connectivity index (χ4v) is 2.79. The highest BCUT2D eigenvalue weighted by molar-refractivity contribution is 6.51. The molecule has 0 N–H and O–H groups in total. The Hall–Kier alpha value is -0.0100. The number of rotatable bonds is 4. The van der Waals surface area contributed by atoms with E-state index in [1.165, 1.54) is 0 Å². The third kappa shape index (κ3) is 1.99. The summed E-state index contributed by atoms with van der Waals surface area (Å²) in [5, 5.41) is 0. The van der Waals surface area contributed by atoms with Crippen LogP contribution in [0.4, 0.5) is 0 Å². The summed E-state index contributed by atoms with van der Waals surface area (Å²) < 4.78 is -0.575. The van der Waals surface area contributed by atoms with Crippen LogP contribution < -0.4 is 0 Å². The monoisotopic (exact) mass is 234 g/mol. The topological polar surface area (TPSA) is 17.1 Å². The van der Waals surface area contributed by atoms with Gasteiger partial charge in [-0.3, -0.25) is 4.79 Å². The van der Waals surface area contributed by atoms with E-state index in [4.69, 9.17) is 23.2 Å². The molecule has 1 nitrogen and oxygen atoms in total. The maximum absolute atomic E-state index is 10.2. The van der Waals surface area contributed by atoms with E-state index in [-0.39, 0.29) is 5.41 Å². The van der Waals surface area contributed by atoms with Gasteiger partial charge >= 0.3 is 0 Å². The van der Waals surface area contributed by atoms with Crippen LogP contribution in [0.2, 0.25) is 0 Å². The van der Waals surface area contributed by atoms with Crippen LogP contribution in [-0.2, 0) is 4.79 Å². The van der Waals surface area contributed by atoms with Gasteiger partial charge in [-0.2, -0.15) is 0 Å². The lowest BCUT2D eigenvalue weighted by Gasteiger charge is -2.01. The zero-order valence-corrected chi connectivity index (χ0v) is 10.3. The highest BCUT2D eigenvalue weighted by atomic mass is 35.5. The molecule has 0 radical (unpaired) electrons. The van der Waals surface area contributed by atoms with Gasteiger partial charge in [0.1, 0.15) is 10.6 Å². The predicted octanol–water partition coefficient (Wildman–Crippen LogP) is 3.74. The summed E-state index contributed by atoms with van der Waals surface area (Å²) in [4.78, 5) is 10.2. The van der Waals surface area contributed by atoms with E-state index in [2.05, 4.69) is 13.8 Å². The van der Waals surface area contributed by atoms with Crippen molar-refractivity contribution in [3.05, 3.63) is 11.6 Å². The number of hydrogen-bond donors (Lipinski definition) is 0. The van der Waals surface area contributed by atoms with Crippen molar-refractivity contribution in [1.82, 2.24) is 0 Å². The number of hydrogen-bond acceptors (Lipinski definition) is 1. The van der Waals surface area contributed by atoms with E-state index in [1.807, 2.05) is 6.92 Å². The number of aldehydes is 1. The van der Waals surface area contributed by atoms with Crippen molar-refractivity contribution >= 4 is 29.5 Å². The van der Waals surface area contributed by atoms with E-state index in [9.17, 15) is 4.79 Å². The SMILES string of the molecule is C/C(=C\C=O)CCC1C(C)(C)C1(Cl)Cl. The van der Waals surface area contributed by atoms with Gasteiger partial charge in [0.05, 0.1) is 0 Å². The summed E-state index contributed by atoms with van der Waals surface area (Å²) in [5.41, 5.74) is 1.10. The van der Waals surface area contributed by atoms with Crippen LogP contribution in [-0.4, -0.2) is 10.6 Å². The van der Waals surface area contributed by atoms with Gasteiger partial charge in [-0.15, -0.1) is 23.2 Å². The molecule has 0 spiro atoms. The highest BCUT2D eigenvalue weighted by Crippen LogP contribution is 2.70. The van der Waals surface area contributed by atoms with Gasteiger partial charge in [-0.25, -0.2) is 0 Å². The van der Waals surface area contributed by atoms with Crippen LogP contribution in [0.1, 0.15) is 33.6 Å². The molecule has 1 rings (SSSR count). The molecule has 3 heteroatoms. The molecule has 0 aromatic heterocycles. The normalized spacial score (nSPS) is 28.6. The molecule has 1 unspecified atom stereocenters. The summed E-state index contributed by atoms with van der Waals surface area (Å²) in [7, 11) is 0. The van der Waals surface area contributed by atoms with Crippen molar-refractivity contribution < 1.29 is 4.79 Å². The smallest absolute Gasteiger partial charge is 0.142 e. The molecule has 0 heterocycles. The maximum Gasteiger partial charge on any atom is 0.142 e. The lowest BCUT2D eigenvalue weighted by molar-refractivity contribution is -0.104. The molecule has 80 valence electrons. The third-order valence-electron chi connectivity index (χ3n) is 3.26. The van der Waals surface area contributed by atoms with Gasteiger partial charge in [-0.05, 0) is 25.8 Å². The molecular weight excluding hydrogens is 219 g/mol. The Morgan fingerprint density at radius 2 is 1.93 bits per heavy atom. The number of allylic oxidation sites excluding steroid dienone is 2. The first kappa shape index (κ1) is 12.1. The predicted molar refractivity (Wildman–Crippen MR) is 60.8 cm³/mol. The molecule has 0 saturated heterocycles. The standard InChI is InChI=1S/C11H16Cl2O/c1-8(6-7-14)4-5-9-10(2,3)11(9,12)13/h6-7,9H,4-5H2,1-3H3/b8-6+. The van der Waals surface area contributed by atoms with Crippen LogP contribution in [0.15, 0.2) is 11.6 Å². The van der Waals surface area contributed by atoms with Crippen molar-refractivity contribution in [1.29, 1.82) is 0 Å². The Morgan fingerprint density at radius 1 is 1.43 bits per heavy atom. The molecule has 0 amide bonds. The number of halogens is 2. The fourth-order valence-electron chi connectivity index (χ4n) is 1.87. The molecule has 0 bridgehead atoms. The minimum atomic E-state index is -0.575. The first-order valence-corrected chi connectivity index (χ1v) is 5.58. The molecule has 1 aliphatic carbocycles. The van der Waals surface area contributed by atoms with Gasteiger partial charge in [0, 0.05) is 11.3 Å². The lowest BCUT2D eigenvalue weighted by Crippen LogP contribution is -1.96. The molecule has 14 heavy (non-hydrogen) atoms. The summed E-state index contributed by atoms with van der Waals surface area (Å²) >= 11 is 12.3. The average Bonchev–Trinajstić information content (AvgIpc) is 2.41. The lowest BCUT2D eigenvalue weighted by atomic mass is 10.0. The molecule has 0 aromatic carbocycles. The zero-order chi connectivity index (χ0) is 11.0. The maximum atomic E-state index is 10.2. The Kier molecular flexibility index (Phi) is 3.33. The summed E-state index contributed by atoms with van der Waals surface area (Å²) in [6.07, 6.45) is 4.27. The third-order valence-corrected chi connectivity index (χ3v) is 4.77. The van der Waals surface area contributed by atoms with Crippen molar-refractivity contribution in [3.63, 3.8) is 0 Å². The molecule has 1 fully saturated rings. The summed E-state index contributed by atoms with van der Waals surface area (Å²) in [6.45, 7) is 6.11. The summed E-state index contributed by atoms with van der Waals surface area (Å²) in [5.74, 6) is 0.341. The van der Waals surface area contributed by atoms with E-state index in [1.54, 1.807) is 6.08 Å². The number of alkyl halides is 2. The second-order valence-electron chi connectivity index (χ2n) is 4.59. The van der Waals surface area contributed by atoms with E-state index in [0.717, 1.165) is 24.7 Å². The second kappa shape index (κ2) is 3.86. The van der Waals surface area contributed by atoms with Gasteiger partial charge in [-0.1, -0.05) is 19.4 Å². The minimum Gasteiger partial charge on any atom is -0.299 e. The van der Waals surface area contributed by atoms with E-state index < -0.39 is 4.33 Å². The fraction of sp³-hybridized carbons (Fsp3) is 0.727. The van der Waals surface area contributed by atoms with E-state index >= 15 is 0 Å². The highest BCUT2D eigenvalue weighted by Gasteiger charge is 2.69. The molecular formula is C11H16Cl2O. The Labute approximate surface area is 95.5 Å². The largest absolute Gasteiger partial charge is 0.299 e. The van der Waals surface area contributed by atoms with Crippen molar-refractivity contribution in [3.8, 4) is 0 Å². The first-order valence-electron chi connectivity index (χ1n) is 4.82. The second-order valence-corrected chi connectivity index (χ2v) is 5.97. The molecule has 1 atom stereocenters. The van der Waals surface area contributed by atoms with Gasteiger partial charge < -0.3 is 0 Å². The van der Waals surface area contributed by atoms with Crippen LogP contribution >= 0.6 is 23.2 Å². The van der Waals surface area contributed by atoms with Crippen LogP contribution in [0.3, 0.4) is 0 Å². The molecule has 0 aromatic rings. The molecule has 1 aliphatic rings. The zero-order valence-electron chi connectivity index (χ0n) is 8.81. The van der Waals surface area contributed by atoms with Crippen molar-refractivity contribution in [2.45, 2.75) is 37.9 Å². The van der Waals surface area contributed by atoms with Crippen molar-refractivity contribution in [2.75, 3.05) is 0 Å². The Balaban J connectivity index is 2.43. The van der Waals surface area contributed by atoms with Gasteiger partial charge in [0.15, 0.2) is 0 Å². The van der Waals surface area contributed by atoms with Gasteiger partial charge in [0.25, 0.3) is 0 Å². The number of carbonyl (C=O) groups is 1. The van der Waals surface area contributed by atoms with Crippen molar-refractivity contribution in [2.24, 2.45) is 11.3 Å². The van der Waals surface area contributed by atoms with Crippen LogP contribution in [0.5, 0.6) is 0 Å². The number of carbonyl (C=O) groups excluding carboxylic acids is 1. The van der Waals surface area contributed by atoms with Crippen LogP contribution in [0, 0.1) is 11.3 Å². The van der Waals surface area contributed by atoms with Crippen LogP contribution in [0.25, 0.3) is 0 Å². The molecule has 1 saturated carbocycles. The minimum absolute atomic E-state index is 0.0115. The summed E-state index contributed by atoms with van der Waals surface area (Å²) in [6, 6.07) is 0. The Morgan fingerprint density at radius 3 is 2.29 bits per heavy atom. The van der Waals surface area contributed by atoms with E-state index in [0.29, 0.717) is 5.92 Å². The quantitative estimate of drug-likeness (QED) is 0.412. The Bertz CT molecular complexity index is 252. The first-order chi connectivity index (χ1) is 6.34.